The van der Waals surface area contributed by atoms with Gasteiger partial charge in [0, 0.05) is 12.8 Å². The van der Waals surface area contributed by atoms with Crippen LogP contribution < -0.4 is 5.32 Å². The Morgan fingerprint density at radius 3 is 2.81 bits per heavy atom. The Balaban J connectivity index is 1.68. The maximum absolute atomic E-state index is 12.3. The minimum absolute atomic E-state index is 0.161. The summed E-state index contributed by atoms with van der Waals surface area (Å²) in [5.74, 6) is -0.469. The molecule has 0 bridgehead atoms. The summed E-state index contributed by atoms with van der Waals surface area (Å²) in [6, 6.07) is 0. The molecular weight excluding hydrogens is 445 g/mol. The number of ether oxygens (including phenoxy) is 2. The van der Waals surface area contributed by atoms with Crippen LogP contribution in [0, 0.1) is 0 Å². The van der Waals surface area contributed by atoms with Crippen molar-refractivity contribution in [2.24, 2.45) is 0 Å². The minimum Gasteiger partial charge on any atom is -0.455 e. The van der Waals surface area contributed by atoms with E-state index in [1.807, 2.05) is 13.8 Å². The van der Waals surface area contributed by atoms with E-state index in [9.17, 15) is 19.0 Å². The Hall–Kier alpha value is -2.44. The third kappa shape index (κ3) is 4.52. The maximum atomic E-state index is 12.3. The molecule has 4 heterocycles. The Labute approximate surface area is 183 Å². The molecule has 0 saturated carbocycles. The van der Waals surface area contributed by atoms with Crippen LogP contribution in [0.15, 0.2) is 12.7 Å². The normalized spacial score (nSPS) is 29.6. The zero-order chi connectivity index (χ0) is 22.9. The van der Waals surface area contributed by atoms with Crippen LogP contribution in [0.2, 0.25) is 0 Å². The zero-order valence-corrected chi connectivity index (χ0v) is 18.4. The number of nitrogens with zero attached hydrogens (tertiary/aromatic N) is 4. The van der Waals surface area contributed by atoms with Crippen molar-refractivity contribution in [3.05, 3.63) is 12.7 Å². The lowest BCUT2D eigenvalue weighted by molar-refractivity contribution is -0.158. The van der Waals surface area contributed by atoms with E-state index in [1.54, 1.807) is 0 Å². The standard InChI is InChI=1S/C18H24N5O8P/c1-3-5-11(24)22-16-13-17(20-8-19-16)23(9-21-13)18-15(30-12(25)6-4-2)14-10(29-18)7-28-32(26,27)31-14/h8-10,14-15,18H,3-7H2,1-2H3,(H,26,27)(H,19,20,22,24)/t10-,14+,15?,18-/m0/s1. The number of phosphoric ester groups is 1. The first-order valence-electron chi connectivity index (χ1n) is 10.3. The summed E-state index contributed by atoms with van der Waals surface area (Å²) < 4.78 is 35.1. The smallest absolute Gasteiger partial charge is 0.455 e. The Morgan fingerprint density at radius 2 is 2.06 bits per heavy atom. The van der Waals surface area contributed by atoms with Crippen molar-refractivity contribution < 1.29 is 37.6 Å². The van der Waals surface area contributed by atoms with Gasteiger partial charge in [-0.2, -0.15) is 0 Å². The molecule has 5 atom stereocenters. The van der Waals surface area contributed by atoms with Gasteiger partial charge in [0.1, 0.15) is 18.5 Å². The van der Waals surface area contributed by atoms with Crippen molar-refractivity contribution in [1.29, 1.82) is 0 Å². The molecule has 14 heteroatoms. The second-order valence-electron chi connectivity index (χ2n) is 7.45. The fraction of sp³-hybridized carbons (Fsp3) is 0.611. The second-order valence-corrected chi connectivity index (χ2v) is 8.85. The molecule has 2 aromatic heterocycles. The highest BCUT2D eigenvalue weighted by atomic mass is 31.2. The average molecular weight is 469 g/mol. The van der Waals surface area contributed by atoms with Crippen molar-refractivity contribution in [3.8, 4) is 0 Å². The highest BCUT2D eigenvalue weighted by molar-refractivity contribution is 7.47. The van der Waals surface area contributed by atoms with E-state index in [-0.39, 0.29) is 24.8 Å². The largest absolute Gasteiger partial charge is 0.472 e. The molecule has 4 rings (SSSR count). The van der Waals surface area contributed by atoms with E-state index in [4.69, 9.17) is 18.5 Å². The molecule has 0 aliphatic carbocycles. The fourth-order valence-electron chi connectivity index (χ4n) is 3.64. The quantitative estimate of drug-likeness (QED) is 0.448. The van der Waals surface area contributed by atoms with Gasteiger partial charge in [-0.1, -0.05) is 13.8 Å². The van der Waals surface area contributed by atoms with Gasteiger partial charge in [-0.15, -0.1) is 0 Å². The number of imidazole rings is 1. The summed E-state index contributed by atoms with van der Waals surface area (Å²) in [5, 5.41) is 2.70. The van der Waals surface area contributed by atoms with Gasteiger partial charge in [0.25, 0.3) is 0 Å². The molecule has 0 spiro atoms. The van der Waals surface area contributed by atoms with E-state index < -0.39 is 38.3 Å². The number of carbonyl (C=O) groups excluding carboxylic acids is 2. The van der Waals surface area contributed by atoms with E-state index in [2.05, 4.69) is 20.3 Å². The molecule has 2 aromatic rings. The van der Waals surface area contributed by atoms with Crippen molar-refractivity contribution in [2.45, 2.75) is 64.1 Å². The van der Waals surface area contributed by atoms with Gasteiger partial charge in [-0.3, -0.25) is 23.2 Å². The number of esters is 1. The molecule has 1 amide bonds. The number of fused-ring (bicyclic) bond motifs is 2. The zero-order valence-electron chi connectivity index (χ0n) is 17.5. The predicted octanol–water partition coefficient (Wildman–Crippen LogP) is 1.69. The molecule has 2 N–H and O–H groups in total. The third-order valence-corrected chi connectivity index (χ3v) is 6.02. The first-order chi connectivity index (χ1) is 15.3. The van der Waals surface area contributed by atoms with Crippen molar-refractivity contribution in [2.75, 3.05) is 11.9 Å². The van der Waals surface area contributed by atoms with Crippen LogP contribution in [0.1, 0.15) is 45.8 Å². The molecule has 174 valence electrons. The van der Waals surface area contributed by atoms with Crippen LogP contribution in [0.25, 0.3) is 11.2 Å². The summed E-state index contributed by atoms with van der Waals surface area (Å²) in [6.07, 6.45) is 0.639. The van der Waals surface area contributed by atoms with E-state index >= 15 is 0 Å². The number of aromatic nitrogens is 4. The van der Waals surface area contributed by atoms with Crippen LogP contribution in [-0.2, 0) is 32.7 Å². The van der Waals surface area contributed by atoms with Gasteiger partial charge in [0.15, 0.2) is 29.3 Å². The summed E-state index contributed by atoms with van der Waals surface area (Å²) >= 11 is 0. The minimum atomic E-state index is -4.30. The average Bonchev–Trinajstić information content (AvgIpc) is 3.30. The summed E-state index contributed by atoms with van der Waals surface area (Å²) in [4.78, 5) is 46.7. The highest BCUT2D eigenvalue weighted by Gasteiger charge is 2.55. The van der Waals surface area contributed by atoms with Crippen LogP contribution in [-0.4, -0.2) is 61.2 Å². The molecule has 0 radical (unpaired) electrons. The first kappa shape index (κ1) is 22.7. The van der Waals surface area contributed by atoms with Crippen LogP contribution in [0.5, 0.6) is 0 Å². The molecular formula is C18H24N5O8P. The molecule has 0 aromatic carbocycles. The molecule has 13 nitrogen and oxygen atoms in total. The topological polar surface area (TPSA) is 164 Å². The van der Waals surface area contributed by atoms with Crippen LogP contribution in [0.4, 0.5) is 5.82 Å². The monoisotopic (exact) mass is 469 g/mol. The van der Waals surface area contributed by atoms with Gasteiger partial charge < -0.3 is 19.7 Å². The van der Waals surface area contributed by atoms with Crippen molar-refractivity contribution >= 4 is 36.7 Å². The molecule has 2 aliphatic rings. The summed E-state index contributed by atoms with van der Waals surface area (Å²) in [5.41, 5.74) is 0.638. The Bertz CT molecular complexity index is 1060. The Morgan fingerprint density at radius 1 is 1.28 bits per heavy atom. The lowest BCUT2D eigenvalue weighted by Crippen LogP contribution is -2.41. The van der Waals surface area contributed by atoms with E-state index in [1.165, 1.54) is 17.2 Å². The number of carbonyl (C=O) groups is 2. The number of nitrogens with one attached hydrogen (secondary N) is 1. The number of amides is 1. The van der Waals surface area contributed by atoms with Crippen LogP contribution in [0.3, 0.4) is 0 Å². The second kappa shape index (κ2) is 9.20. The highest BCUT2D eigenvalue weighted by Crippen LogP contribution is 2.53. The number of phosphoric acid groups is 1. The number of hydrogen-bond acceptors (Lipinski definition) is 10. The van der Waals surface area contributed by atoms with Gasteiger partial charge in [-0.05, 0) is 12.8 Å². The van der Waals surface area contributed by atoms with Crippen molar-refractivity contribution in [3.63, 3.8) is 0 Å². The van der Waals surface area contributed by atoms with E-state index in [0.717, 1.165) is 0 Å². The van der Waals surface area contributed by atoms with Gasteiger partial charge in [-0.25, -0.2) is 19.5 Å². The third-order valence-electron chi connectivity index (χ3n) is 5.03. The number of anilines is 1. The summed E-state index contributed by atoms with van der Waals surface area (Å²) in [6.45, 7) is 3.50. The van der Waals surface area contributed by atoms with Gasteiger partial charge in [0.2, 0.25) is 5.91 Å². The predicted molar refractivity (Wildman–Crippen MR) is 108 cm³/mol. The maximum Gasteiger partial charge on any atom is 0.472 e. The SMILES string of the molecule is CCCC(=O)Nc1ncnc2c1ncn2[C@H]1O[C@H]2COP(=O)(O)O[C@H]2C1OC(=O)CCC. The molecule has 2 unspecified atom stereocenters. The van der Waals surface area contributed by atoms with Crippen LogP contribution >= 0.6 is 7.82 Å². The van der Waals surface area contributed by atoms with E-state index in [0.29, 0.717) is 30.4 Å². The molecule has 2 fully saturated rings. The van der Waals surface area contributed by atoms with Gasteiger partial charge >= 0.3 is 13.8 Å². The first-order valence-corrected chi connectivity index (χ1v) is 11.8. The molecule has 2 aliphatic heterocycles. The number of hydrogen-bond donors (Lipinski definition) is 2. The molecule has 2 saturated heterocycles. The molecule has 32 heavy (non-hydrogen) atoms. The fourth-order valence-corrected chi connectivity index (χ4v) is 4.60. The number of rotatable bonds is 7. The lowest BCUT2D eigenvalue weighted by Gasteiger charge is -2.29. The lowest BCUT2D eigenvalue weighted by atomic mass is 10.1. The Kier molecular flexibility index (Phi) is 6.54. The van der Waals surface area contributed by atoms with Gasteiger partial charge in [0.05, 0.1) is 12.9 Å². The van der Waals surface area contributed by atoms with Crippen molar-refractivity contribution in [1.82, 2.24) is 19.5 Å². The summed E-state index contributed by atoms with van der Waals surface area (Å²) in [7, 11) is -4.30.